The Labute approximate surface area is 120 Å². The number of aliphatic hydroxyl groups excluding tert-OH is 2. The van der Waals surface area contributed by atoms with E-state index < -0.39 is 20.1 Å². The molecule has 1 aromatic rings. The fourth-order valence-electron chi connectivity index (χ4n) is 3.47. The Morgan fingerprint density at radius 2 is 1.90 bits per heavy atom. The number of rotatable bonds is 4. The first-order chi connectivity index (χ1) is 9.39. The minimum absolute atomic E-state index is 0.0117. The van der Waals surface area contributed by atoms with Gasteiger partial charge < -0.3 is 15.5 Å². The van der Waals surface area contributed by atoms with Crippen LogP contribution in [-0.2, 0) is 4.79 Å². The van der Waals surface area contributed by atoms with E-state index in [1.807, 2.05) is 18.2 Å². The molecule has 0 radical (unpaired) electrons. The van der Waals surface area contributed by atoms with Crippen molar-refractivity contribution in [2.45, 2.75) is 37.7 Å². The number of hydrogen-bond donors (Lipinski definition) is 3. The zero-order valence-corrected chi connectivity index (χ0v) is 13.2. The highest BCUT2D eigenvalue weighted by Gasteiger charge is 2.52. The third-order valence-corrected chi connectivity index (χ3v) is 8.77. The van der Waals surface area contributed by atoms with E-state index in [0.717, 1.165) is 0 Å². The van der Waals surface area contributed by atoms with Gasteiger partial charge >= 0.3 is 0 Å². The average Bonchev–Trinajstić information content (AvgIpc) is 2.77. The topological polar surface area (TPSA) is 69.6 Å². The Balaban J connectivity index is 2.43. The molecule has 0 aromatic heterocycles. The van der Waals surface area contributed by atoms with Gasteiger partial charge in [0.15, 0.2) is 0 Å². The molecule has 0 bridgehead atoms. The van der Waals surface area contributed by atoms with Gasteiger partial charge in [0, 0.05) is 0 Å². The van der Waals surface area contributed by atoms with Gasteiger partial charge in [0.2, 0.25) is 5.91 Å². The lowest BCUT2D eigenvalue weighted by molar-refractivity contribution is -0.125. The van der Waals surface area contributed by atoms with E-state index in [1.54, 1.807) is 6.92 Å². The number of carbonyl (C=O) groups excluding carboxylic acids is 1. The maximum absolute atomic E-state index is 12.1. The summed E-state index contributed by atoms with van der Waals surface area (Å²) in [6.45, 7) is 5.98. The highest BCUT2D eigenvalue weighted by Crippen LogP contribution is 2.39. The standard InChI is InChI=1S/C15H23NO3Si/c1-10(18)13-14(12(9-17)16-15(13)19)20(2,3)11-7-5-4-6-8-11/h4-8,10,12-14,17-18H,9H2,1-3H3,(H,16,19)/t10-,12-,13+,14-/m1/s1. The van der Waals surface area contributed by atoms with Crippen molar-refractivity contribution >= 4 is 19.2 Å². The molecule has 1 heterocycles. The van der Waals surface area contributed by atoms with Gasteiger partial charge in [0.1, 0.15) is 0 Å². The van der Waals surface area contributed by atoms with Crippen LogP contribution in [-0.4, -0.2) is 42.9 Å². The van der Waals surface area contributed by atoms with Gasteiger partial charge in [-0.15, -0.1) is 0 Å². The van der Waals surface area contributed by atoms with Crippen LogP contribution >= 0.6 is 0 Å². The molecule has 110 valence electrons. The molecule has 1 aliphatic rings. The van der Waals surface area contributed by atoms with Crippen LogP contribution in [0.1, 0.15) is 6.92 Å². The van der Waals surface area contributed by atoms with Gasteiger partial charge in [-0.05, 0) is 12.5 Å². The fourth-order valence-corrected chi connectivity index (χ4v) is 7.43. The minimum Gasteiger partial charge on any atom is -0.394 e. The smallest absolute Gasteiger partial charge is 0.226 e. The molecule has 3 N–H and O–H groups in total. The number of hydrogen-bond acceptors (Lipinski definition) is 3. The molecule has 1 aromatic carbocycles. The molecule has 0 unspecified atom stereocenters. The van der Waals surface area contributed by atoms with Crippen molar-refractivity contribution in [3.8, 4) is 0 Å². The summed E-state index contributed by atoms with van der Waals surface area (Å²) in [4.78, 5) is 12.1. The number of aliphatic hydroxyl groups is 2. The third kappa shape index (κ3) is 2.53. The van der Waals surface area contributed by atoms with Crippen LogP contribution in [0.2, 0.25) is 18.6 Å². The van der Waals surface area contributed by atoms with Crippen molar-refractivity contribution in [3.63, 3.8) is 0 Å². The Bertz CT molecular complexity index is 475. The average molecular weight is 293 g/mol. The predicted octanol–water partition coefficient (Wildman–Crippen LogP) is 0.460. The van der Waals surface area contributed by atoms with Gasteiger partial charge in [-0.25, -0.2) is 0 Å². The zero-order chi connectivity index (χ0) is 14.9. The Morgan fingerprint density at radius 3 is 2.40 bits per heavy atom. The summed E-state index contributed by atoms with van der Waals surface area (Å²) in [7, 11) is -2.00. The Morgan fingerprint density at radius 1 is 1.30 bits per heavy atom. The molecule has 20 heavy (non-hydrogen) atoms. The van der Waals surface area contributed by atoms with Gasteiger partial charge in [0.05, 0.1) is 32.7 Å². The predicted molar refractivity (Wildman–Crippen MR) is 81.5 cm³/mol. The summed E-state index contributed by atoms with van der Waals surface area (Å²) in [6, 6.07) is 9.88. The second-order valence-corrected chi connectivity index (χ2v) is 10.9. The van der Waals surface area contributed by atoms with Crippen LogP contribution in [0.15, 0.2) is 30.3 Å². The van der Waals surface area contributed by atoms with E-state index in [4.69, 9.17) is 0 Å². The van der Waals surface area contributed by atoms with Gasteiger partial charge in [0.25, 0.3) is 0 Å². The van der Waals surface area contributed by atoms with Crippen LogP contribution in [0.25, 0.3) is 0 Å². The maximum atomic E-state index is 12.1. The molecule has 0 spiro atoms. The lowest BCUT2D eigenvalue weighted by Crippen LogP contribution is -2.53. The van der Waals surface area contributed by atoms with E-state index >= 15 is 0 Å². The summed E-state index contributed by atoms with van der Waals surface area (Å²) in [5.41, 5.74) is -0.0117. The lowest BCUT2D eigenvalue weighted by Gasteiger charge is -2.36. The van der Waals surface area contributed by atoms with E-state index in [1.165, 1.54) is 5.19 Å². The summed E-state index contributed by atoms with van der Waals surface area (Å²) in [5.74, 6) is -0.574. The molecule has 0 saturated carbocycles. The number of benzene rings is 1. The highest BCUT2D eigenvalue weighted by molar-refractivity contribution is 6.91. The van der Waals surface area contributed by atoms with Crippen LogP contribution in [0, 0.1) is 5.92 Å². The molecule has 2 rings (SSSR count). The monoisotopic (exact) mass is 293 g/mol. The van der Waals surface area contributed by atoms with Crippen molar-refractivity contribution in [1.29, 1.82) is 0 Å². The largest absolute Gasteiger partial charge is 0.394 e. The Kier molecular flexibility index (Phi) is 4.32. The third-order valence-electron chi connectivity index (χ3n) is 4.52. The molecule has 1 amide bonds. The van der Waals surface area contributed by atoms with Crippen LogP contribution in [0.4, 0.5) is 0 Å². The van der Waals surface area contributed by atoms with Crippen molar-refractivity contribution in [1.82, 2.24) is 5.32 Å². The summed E-state index contributed by atoms with van der Waals surface area (Å²) in [5, 5.41) is 23.7. The molecular formula is C15H23NO3Si. The molecule has 4 nitrogen and oxygen atoms in total. The maximum Gasteiger partial charge on any atom is 0.226 e. The first kappa shape index (κ1) is 15.2. The number of amides is 1. The lowest BCUT2D eigenvalue weighted by atomic mass is 9.99. The van der Waals surface area contributed by atoms with Gasteiger partial charge in [-0.3, -0.25) is 4.79 Å². The molecule has 1 aliphatic heterocycles. The quantitative estimate of drug-likeness (QED) is 0.707. The van der Waals surface area contributed by atoms with Crippen molar-refractivity contribution in [2.24, 2.45) is 5.92 Å². The normalized spacial score (nSPS) is 28.2. The first-order valence-corrected chi connectivity index (χ1v) is 10.1. The zero-order valence-electron chi connectivity index (χ0n) is 12.2. The SMILES string of the molecule is C[C@@H](O)[C@@H]1C(=O)N[C@H](CO)[C@H]1[Si](C)(C)c1ccccc1. The van der Waals surface area contributed by atoms with E-state index in [-0.39, 0.29) is 24.1 Å². The van der Waals surface area contributed by atoms with Gasteiger partial charge in [-0.1, -0.05) is 48.6 Å². The van der Waals surface area contributed by atoms with Crippen molar-refractivity contribution in [2.75, 3.05) is 6.61 Å². The fraction of sp³-hybridized carbons (Fsp3) is 0.533. The van der Waals surface area contributed by atoms with Crippen molar-refractivity contribution < 1.29 is 15.0 Å². The van der Waals surface area contributed by atoms with Crippen LogP contribution in [0.5, 0.6) is 0 Å². The van der Waals surface area contributed by atoms with Crippen LogP contribution in [0.3, 0.4) is 0 Å². The van der Waals surface area contributed by atoms with E-state index in [0.29, 0.717) is 0 Å². The summed E-state index contributed by atoms with van der Waals surface area (Å²) in [6.07, 6.45) is -0.702. The van der Waals surface area contributed by atoms with Crippen molar-refractivity contribution in [3.05, 3.63) is 30.3 Å². The molecular weight excluding hydrogens is 270 g/mol. The first-order valence-electron chi connectivity index (χ1n) is 7.04. The van der Waals surface area contributed by atoms with Crippen LogP contribution < -0.4 is 10.5 Å². The minimum atomic E-state index is -2.00. The molecule has 4 atom stereocenters. The second-order valence-electron chi connectivity index (χ2n) is 6.18. The molecule has 1 fully saturated rings. The number of carbonyl (C=O) groups is 1. The second kappa shape index (κ2) is 5.67. The summed E-state index contributed by atoms with van der Waals surface area (Å²) >= 11 is 0. The van der Waals surface area contributed by atoms with Gasteiger partial charge in [-0.2, -0.15) is 0 Å². The highest BCUT2D eigenvalue weighted by atomic mass is 28.3. The summed E-state index contributed by atoms with van der Waals surface area (Å²) < 4.78 is 0. The van der Waals surface area contributed by atoms with E-state index in [9.17, 15) is 15.0 Å². The molecule has 1 saturated heterocycles. The van der Waals surface area contributed by atoms with E-state index in [2.05, 4.69) is 30.5 Å². The molecule has 0 aliphatic carbocycles. The Hall–Kier alpha value is -1.17. The molecule has 5 heteroatoms. The number of nitrogens with one attached hydrogen (secondary N) is 1.